The van der Waals surface area contributed by atoms with Crippen molar-refractivity contribution in [2.75, 3.05) is 29.7 Å². The van der Waals surface area contributed by atoms with Gasteiger partial charge < -0.3 is 10.6 Å². The molecule has 2 unspecified atom stereocenters. The van der Waals surface area contributed by atoms with E-state index in [1.165, 1.54) is 0 Å². The molecule has 0 aliphatic rings. The van der Waals surface area contributed by atoms with Crippen molar-refractivity contribution in [1.29, 1.82) is 0 Å². The van der Waals surface area contributed by atoms with Crippen LogP contribution in [0.25, 0.3) is 0 Å². The van der Waals surface area contributed by atoms with E-state index >= 15 is 0 Å². The van der Waals surface area contributed by atoms with Crippen LogP contribution in [0.15, 0.2) is 18.5 Å². The molecule has 1 rings (SSSR count). The van der Waals surface area contributed by atoms with Crippen molar-refractivity contribution in [3.63, 3.8) is 0 Å². The molecule has 0 radical (unpaired) electrons. The largest absolute Gasteiger partial charge is 0.387 e. The summed E-state index contributed by atoms with van der Waals surface area (Å²) in [5.74, 6) is 0.729. The van der Waals surface area contributed by atoms with Gasteiger partial charge in [-0.2, -0.15) is 0 Å². The van der Waals surface area contributed by atoms with Gasteiger partial charge in [-0.3, -0.25) is 9.19 Å². The second kappa shape index (κ2) is 6.48. The standard InChI is InChI=1S/C11H19N3OS/c1-9(4-5-16(3)15)14-11-6-10(12-2)7-13-8-11/h6-9,12,14H,4-5H2,1-3H3. The minimum absolute atomic E-state index is 0.304. The number of nitrogens with zero attached hydrogens (tertiary/aromatic N) is 1. The van der Waals surface area contributed by atoms with E-state index in [4.69, 9.17) is 0 Å². The highest BCUT2D eigenvalue weighted by Crippen LogP contribution is 2.13. The monoisotopic (exact) mass is 241 g/mol. The lowest BCUT2D eigenvalue weighted by molar-refractivity contribution is 0.678. The van der Waals surface area contributed by atoms with Crippen LogP contribution in [-0.2, 0) is 10.8 Å². The van der Waals surface area contributed by atoms with Crippen molar-refractivity contribution in [2.45, 2.75) is 19.4 Å². The van der Waals surface area contributed by atoms with Gasteiger partial charge in [0.1, 0.15) is 0 Å². The first-order valence-corrected chi connectivity index (χ1v) is 7.04. The summed E-state index contributed by atoms with van der Waals surface area (Å²) in [6.07, 6.45) is 6.19. The number of nitrogens with one attached hydrogen (secondary N) is 2. The first-order chi connectivity index (χ1) is 7.61. The van der Waals surface area contributed by atoms with Crippen LogP contribution in [0.5, 0.6) is 0 Å². The molecule has 0 saturated carbocycles. The third-order valence-corrected chi connectivity index (χ3v) is 3.09. The number of aromatic nitrogens is 1. The van der Waals surface area contributed by atoms with Crippen LogP contribution >= 0.6 is 0 Å². The maximum Gasteiger partial charge on any atom is 0.0549 e. The number of hydrogen-bond acceptors (Lipinski definition) is 4. The van der Waals surface area contributed by atoms with Gasteiger partial charge >= 0.3 is 0 Å². The average Bonchev–Trinajstić information content (AvgIpc) is 2.26. The van der Waals surface area contributed by atoms with Crippen LogP contribution in [0.4, 0.5) is 11.4 Å². The van der Waals surface area contributed by atoms with Gasteiger partial charge in [0.15, 0.2) is 0 Å². The highest BCUT2D eigenvalue weighted by molar-refractivity contribution is 7.84. The van der Waals surface area contributed by atoms with Crippen LogP contribution in [0.2, 0.25) is 0 Å². The zero-order valence-electron chi connectivity index (χ0n) is 9.99. The molecular formula is C11H19N3OS. The summed E-state index contributed by atoms with van der Waals surface area (Å²) in [6, 6.07) is 2.31. The Balaban J connectivity index is 2.48. The summed E-state index contributed by atoms with van der Waals surface area (Å²) in [5.41, 5.74) is 1.97. The highest BCUT2D eigenvalue weighted by atomic mass is 32.2. The van der Waals surface area contributed by atoms with Crippen molar-refractivity contribution in [2.24, 2.45) is 0 Å². The molecule has 4 nitrogen and oxygen atoms in total. The Labute approximate surface area is 99.3 Å². The Hall–Kier alpha value is -1.10. The third kappa shape index (κ3) is 4.61. The lowest BCUT2D eigenvalue weighted by Gasteiger charge is -2.14. The molecule has 1 aromatic heterocycles. The highest BCUT2D eigenvalue weighted by Gasteiger charge is 2.03. The summed E-state index contributed by atoms with van der Waals surface area (Å²) >= 11 is 0. The van der Waals surface area contributed by atoms with Gasteiger partial charge in [-0.15, -0.1) is 0 Å². The second-order valence-corrected chi connectivity index (χ2v) is 5.38. The summed E-state index contributed by atoms with van der Waals surface area (Å²) in [6.45, 7) is 2.08. The summed E-state index contributed by atoms with van der Waals surface area (Å²) in [7, 11) is 1.15. The van der Waals surface area contributed by atoms with E-state index in [1.54, 1.807) is 18.6 Å². The minimum Gasteiger partial charge on any atom is -0.387 e. The van der Waals surface area contributed by atoms with E-state index in [2.05, 4.69) is 22.5 Å². The molecule has 1 aromatic rings. The van der Waals surface area contributed by atoms with Crippen LogP contribution < -0.4 is 10.6 Å². The van der Waals surface area contributed by atoms with E-state index in [0.29, 0.717) is 6.04 Å². The number of rotatable bonds is 6. The summed E-state index contributed by atoms with van der Waals surface area (Å²) in [4.78, 5) is 4.12. The van der Waals surface area contributed by atoms with Gasteiger partial charge in [-0.25, -0.2) is 0 Å². The normalized spacial score (nSPS) is 14.2. The van der Waals surface area contributed by atoms with Gasteiger partial charge in [0.05, 0.1) is 23.8 Å². The molecule has 0 aliphatic carbocycles. The predicted octanol–water partition coefficient (Wildman–Crippen LogP) is 1.69. The van der Waals surface area contributed by atoms with Crippen LogP contribution in [0.1, 0.15) is 13.3 Å². The lowest BCUT2D eigenvalue weighted by atomic mass is 10.2. The summed E-state index contributed by atoms with van der Waals surface area (Å²) in [5, 5.41) is 6.37. The topological polar surface area (TPSA) is 54.0 Å². The Bertz CT molecular complexity index is 357. The molecule has 0 amide bonds. The average molecular weight is 241 g/mol. The van der Waals surface area contributed by atoms with Gasteiger partial charge in [-0.05, 0) is 19.4 Å². The fraction of sp³-hybridized carbons (Fsp3) is 0.545. The molecule has 2 atom stereocenters. The number of hydrogen-bond donors (Lipinski definition) is 2. The molecular weight excluding hydrogens is 222 g/mol. The maximum absolute atomic E-state index is 11.0. The molecule has 0 bridgehead atoms. The van der Waals surface area contributed by atoms with E-state index in [1.807, 2.05) is 13.1 Å². The minimum atomic E-state index is -0.718. The first-order valence-electron chi connectivity index (χ1n) is 5.31. The van der Waals surface area contributed by atoms with Crippen LogP contribution in [-0.4, -0.2) is 34.3 Å². The fourth-order valence-corrected chi connectivity index (χ4v) is 2.04. The molecule has 2 N–H and O–H groups in total. The quantitative estimate of drug-likeness (QED) is 0.796. The molecule has 0 aromatic carbocycles. The third-order valence-electron chi connectivity index (χ3n) is 2.28. The summed E-state index contributed by atoms with van der Waals surface area (Å²) < 4.78 is 11.0. The van der Waals surface area contributed by atoms with Crippen LogP contribution in [0, 0.1) is 0 Å². The zero-order valence-corrected chi connectivity index (χ0v) is 10.8. The molecule has 0 saturated heterocycles. The van der Waals surface area contributed by atoms with Crippen LogP contribution in [0.3, 0.4) is 0 Å². The second-order valence-electron chi connectivity index (χ2n) is 3.82. The fourth-order valence-electron chi connectivity index (χ4n) is 1.36. The van der Waals surface area contributed by atoms with Gasteiger partial charge in [0, 0.05) is 35.9 Å². The SMILES string of the molecule is CNc1cncc(NC(C)CCS(C)=O)c1. The van der Waals surface area contributed by atoms with E-state index < -0.39 is 10.8 Å². The molecule has 0 fully saturated rings. The molecule has 5 heteroatoms. The smallest absolute Gasteiger partial charge is 0.0549 e. The number of anilines is 2. The van der Waals surface area contributed by atoms with Crippen molar-refractivity contribution in [3.8, 4) is 0 Å². The van der Waals surface area contributed by atoms with Crippen molar-refractivity contribution in [1.82, 2.24) is 4.98 Å². The maximum atomic E-state index is 11.0. The first kappa shape index (κ1) is 13.0. The molecule has 16 heavy (non-hydrogen) atoms. The van der Waals surface area contributed by atoms with Crippen molar-refractivity contribution < 1.29 is 4.21 Å². The van der Waals surface area contributed by atoms with E-state index in [9.17, 15) is 4.21 Å². The van der Waals surface area contributed by atoms with Gasteiger partial charge in [-0.1, -0.05) is 0 Å². The van der Waals surface area contributed by atoms with Gasteiger partial charge in [0.2, 0.25) is 0 Å². The molecule has 1 heterocycles. The van der Waals surface area contributed by atoms with E-state index in [0.717, 1.165) is 23.5 Å². The number of pyridine rings is 1. The molecule has 90 valence electrons. The molecule has 0 aliphatic heterocycles. The predicted molar refractivity (Wildman–Crippen MR) is 70.4 cm³/mol. The van der Waals surface area contributed by atoms with Gasteiger partial charge in [0.25, 0.3) is 0 Å². The van der Waals surface area contributed by atoms with Crippen molar-refractivity contribution in [3.05, 3.63) is 18.5 Å². The van der Waals surface area contributed by atoms with Crippen molar-refractivity contribution >= 4 is 22.2 Å². The molecule has 0 spiro atoms. The Morgan fingerprint density at radius 1 is 1.44 bits per heavy atom. The lowest BCUT2D eigenvalue weighted by Crippen LogP contribution is -2.18. The Kier molecular flexibility index (Phi) is 5.25. The Morgan fingerprint density at radius 3 is 2.75 bits per heavy atom. The van der Waals surface area contributed by atoms with E-state index in [-0.39, 0.29) is 0 Å². The zero-order chi connectivity index (χ0) is 12.0. The Morgan fingerprint density at radius 2 is 2.12 bits per heavy atom.